The zero-order valence-corrected chi connectivity index (χ0v) is 9.92. The van der Waals surface area contributed by atoms with Crippen molar-refractivity contribution in [3.8, 4) is 0 Å². The molecular formula is C12H10Cl2O2. The first-order valence-corrected chi connectivity index (χ1v) is 5.55. The highest BCUT2D eigenvalue weighted by Gasteiger charge is 2.04. The first-order valence-electron chi connectivity index (χ1n) is 4.80. The molecule has 0 aliphatic heterocycles. The van der Waals surface area contributed by atoms with Crippen LogP contribution in [-0.4, -0.2) is 5.11 Å². The van der Waals surface area contributed by atoms with Crippen molar-refractivity contribution in [2.75, 3.05) is 0 Å². The van der Waals surface area contributed by atoms with Gasteiger partial charge in [-0.05, 0) is 29.3 Å². The summed E-state index contributed by atoms with van der Waals surface area (Å²) in [4.78, 5) is 0. The van der Waals surface area contributed by atoms with Crippen molar-refractivity contribution in [3.05, 3.63) is 57.5 Å². The topological polar surface area (TPSA) is 33.4 Å². The summed E-state index contributed by atoms with van der Waals surface area (Å²) in [6, 6.07) is 7.34. The van der Waals surface area contributed by atoms with Crippen LogP contribution in [0.1, 0.15) is 16.9 Å². The van der Waals surface area contributed by atoms with Crippen molar-refractivity contribution in [2.24, 2.45) is 0 Å². The molecule has 0 atom stereocenters. The SMILES string of the molecule is OCc1cc(Cc2ccc(Cl)c(Cl)c2)co1. The van der Waals surface area contributed by atoms with Gasteiger partial charge in [0.05, 0.1) is 16.3 Å². The Bertz CT molecular complexity index is 492. The molecule has 1 aromatic heterocycles. The minimum Gasteiger partial charge on any atom is -0.467 e. The molecule has 0 amide bonds. The third-order valence-electron chi connectivity index (χ3n) is 2.26. The van der Waals surface area contributed by atoms with Gasteiger partial charge in [-0.3, -0.25) is 0 Å². The van der Waals surface area contributed by atoms with Gasteiger partial charge in [-0.15, -0.1) is 0 Å². The Morgan fingerprint density at radius 3 is 2.50 bits per heavy atom. The van der Waals surface area contributed by atoms with Crippen molar-refractivity contribution < 1.29 is 9.52 Å². The number of rotatable bonds is 3. The van der Waals surface area contributed by atoms with Gasteiger partial charge in [-0.2, -0.15) is 0 Å². The van der Waals surface area contributed by atoms with Crippen LogP contribution < -0.4 is 0 Å². The lowest BCUT2D eigenvalue weighted by atomic mass is 10.1. The fourth-order valence-electron chi connectivity index (χ4n) is 1.49. The van der Waals surface area contributed by atoms with Crippen LogP contribution in [0.25, 0.3) is 0 Å². The lowest BCUT2D eigenvalue weighted by molar-refractivity contribution is 0.247. The van der Waals surface area contributed by atoms with Gasteiger partial charge in [0, 0.05) is 6.42 Å². The molecule has 0 fully saturated rings. The zero-order chi connectivity index (χ0) is 11.5. The minimum absolute atomic E-state index is 0.0820. The number of hydrogen-bond acceptors (Lipinski definition) is 2. The molecule has 16 heavy (non-hydrogen) atoms. The largest absolute Gasteiger partial charge is 0.467 e. The molecule has 84 valence electrons. The quantitative estimate of drug-likeness (QED) is 0.910. The summed E-state index contributed by atoms with van der Waals surface area (Å²) in [5.41, 5.74) is 2.06. The summed E-state index contributed by atoms with van der Waals surface area (Å²) >= 11 is 11.7. The molecule has 0 bridgehead atoms. The molecular weight excluding hydrogens is 247 g/mol. The Balaban J connectivity index is 2.17. The first-order chi connectivity index (χ1) is 7.69. The highest BCUT2D eigenvalue weighted by atomic mass is 35.5. The minimum atomic E-state index is -0.0820. The fourth-order valence-corrected chi connectivity index (χ4v) is 1.81. The smallest absolute Gasteiger partial charge is 0.129 e. The van der Waals surface area contributed by atoms with Crippen LogP contribution in [0.15, 0.2) is 34.9 Å². The molecule has 0 spiro atoms. The summed E-state index contributed by atoms with van der Waals surface area (Å²) in [5, 5.41) is 9.96. The molecule has 4 heteroatoms. The molecule has 0 aliphatic rings. The van der Waals surface area contributed by atoms with E-state index in [2.05, 4.69) is 0 Å². The number of halogens is 2. The summed E-state index contributed by atoms with van der Waals surface area (Å²) < 4.78 is 5.13. The molecule has 0 radical (unpaired) electrons. The predicted octanol–water partition coefficient (Wildman–Crippen LogP) is 3.67. The summed E-state index contributed by atoms with van der Waals surface area (Å²) in [6.07, 6.45) is 2.34. The van der Waals surface area contributed by atoms with Gasteiger partial charge in [0.2, 0.25) is 0 Å². The van der Waals surface area contributed by atoms with Crippen LogP contribution in [-0.2, 0) is 13.0 Å². The molecule has 1 heterocycles. The van der Waals surface area contributed by atoms with Gasteiger partial charge in [0.15, 0.2) is 0 Å². The molecule has 2 rings (SSSR count). The zero-order valence-electron chi connectivity index (χ0n) is 8.41. The van der Waals surface area contributed by atoms with E-state index in [-0.39, 0.29) is 6.61 Å². The maximum Gasteiger partial charge on any atom is 0.129 e. The number of aliphatic hydroxyl groups excluding tert-OH is 1. The lowest BCUT2D eigenvalue weighted by Gasteiger charge is -2.00. The van der Waals surface area contributed by atoms with Gasteiger partial charge in [-0.1, -0.05) is 29.3 Å². The maximum absolute atomic E-state index is 8.87. The standard InChI is InChI=1S/C12H10Cl2O2/c13-11-2-1-8(5-12(11)14)3-9-4-10(6-15)16-7-9/h1-2,4-5,7,15H,3,6H2. The second-order valence-electron chi connectivity index (χ2n) is 3.50. The van der Waals surface area contributed by atoms with Crippen molar-refractivity contribution >= 4 is 23.2 Å². The van der Waals surface area contributed by atoms with Gasteiger partial charge in [0.1, 0.15) is 12.4 Å². The third-order valence-corrected chi connectivity index (χ3v) is 3.00. The molecule has 2 aromatic rings. The van der Waals surface area contributed by atoms with E-state index in [0.29, 0.717) is 22.2 Å². The molecule has 1 N–H and O–H groups in total. The van der Waals surface area contributed by atoms with Crippen LogP contribution in [0, 0.1) is 0 Å². The van der Waals surface area contributed by atoms with Crippen molar-refractivity contribution in [1.82, 2.24) is 0 Å². The van der Waals surface area contributed by atoms with E-state index in [1.165, 1.54) is 0 Å². The van der Waals surface area contributed by atoms with Crippen LogP contribution in [0.5, 0.6) is 0 Å². The van der Waals surface area contributed by atoms with Crippen LogP contribution >= 0.6 is 23.2 Å². The molecule has 2 nitrogen and oxygen atoms in total. The van der Waals surface area contributed by atoms with E-state index < -0.39 is 0 Å². The summed E-state index contributed by atoms with van der Waals surface area (Å²) in [6.45, 7) is -0.0820. The van der Waals surface area contributed by atoms with Crippen molar-refractivity contribution in [3.63, 3.8) is 0 Å². The Kier molecular flexibility index (Phi) is 3.54. The highest BCUT2D eigenvalue weighted by Crippen LogP contribution is 2.24. The van der Waals surface area contributed by atoms with Crippen LogP contribution in [0.3, 0.4) is 0 Å². The Morgan fingerprint density at radius 1 is 1.06 bits per heavy atom. The molecule has 0 unspecified atom stereocenters. The Hall–Kier alpha value is -0.960. The van der Waals surface area contributed by atoms with E-state index in [0.717, 1.165) is 11.1 Å². The number of hydrogen-bond donors (Lipinski definition) is 1. The Morgan fingerprint density at radius 2 is 1.88 bits per heavy atom. The maximum atomic E-state index is 8.87. The summed E-state index contributed by atoms with van der Waals surface area (Å²) in [7, 11) is 0. The van der Waals surface area contributed by atoms with Crippen molar-refractivity contribution in [1.29, 1.82) is 0 Å². The Labute approximate surface area is 103 Å². The highest BCUT2D eigenvalue weighted by molar-refractivity contribution is 6.42. The molecule has 0 saturated heterocycles. The van der Waals surface area contributed by atoms with Crippen molar-refractivity contribution in [2.45, 2.75) is 13.0 Å². The fraction of sp³-hybridized carbons (Fsp3) is 0.167. The van der Waals surface area contributed by atoms with Gasteiger partial charge in [0.25, 0.3) is 0 Å². The molecule has 1 aromatic carbocycles. The van der Waals surface area contributed by atoms with E-state index >= 15 is 0 Å². The predicted molar refractivity (Wildman–Crippen MR) is 63.9 cm³/mol. The van der Waals surface area contributed by atoms with E-state index in [1.54, 1.807) is 12.3 Å². The van der Waals surface area contributed by atoms with E-state index in [1.807, 2.05) is 18.2 Å². The summed E-state index contributed by atoms with van der Waals surface area (Å²) in [5.74, 6) is 0.565. The average Bonchev–Trinajstić information content (AvgIpc) is 2.71. The number of benzene rings is 1. The van der Waals surface area contributed by atoms with Gasteiger partial charge >= 0.3 is 0 Å². The molecule has 0 saturated carbocycles. The van der Waals surface area contributed by atoms with Crippen LogP contribution in [0.2, 0.25) is 10.0 Å². The van der Waals surface area contributed by atoms with Gasteiger partial charge < -0.3 is 9.52 Å². The first kappa shape index (κ1) is 11.5. The number of furan rings is 1. The molecule has 0 aliphatic carbocycles. The third kappa shape index (κ3) is 2.59. The second kappa shape index (κ2) is 4.91. The lowest BCUT2D eigenvalue weighted by Crippen LogP contribution is -1.86. The van der Waals surface area contributed by atoms with E-state index in [9.17, 15) is 0 Å². The monoisotopic (exact) mass is 256 g/mol. The van der Waals surface area contributed by atoms with Crippen LogP contribution in [0.4, 0.5) is 0 Å². The average molecular weight is 257 g/mol. The van der Waals surface area contributed by atoms with Gasteiger partial charge in [-0.25, -0.2) is 0 Å². The van der Waals surface area contributed by atoms with E-state index in [4.69, 9.17) is 32.7 Å². The normalized spacial score (nSPS) is 10.7. The number of aliphatic hydroxyl groups is 1. The second-order valence-corrected chi connectivity index (χ2v) is 4.32.